The van der Waals surface area contributed by atoms with E-state index in [9.17, 15) is 14.3 Å². The van der Waals surface area contributed by atoms with Crippen LogP contribution >= 0.6 is 0 Å². The molecule has 0 saturated heterocycles. The molecule has 0 fully saturated rings. The summed E-state index contributed by atoms with van der Waals surface area (Å²) in [5.41, 5.74) is 3.00. The van der Waals surface area contributed by atoms with Crippen LogP contribution in [0.4, 0.5) is 4.39 Å². The molecule has 0 unspecified atom stereocenters. The molecule has 0 aromatic heterocycles. The highest BCUT2D eigenvalue weighted by atomic mass is 19.1. The van der Waals surface area contributed by atoms with Gasteiger partial charge in [-0.25, -0.2) is 4.39 Å². The number of rotatable bonds is 2. The number of alkyl halides is 1. The van der Waals surface area contributed by atoms with Crippen molar-refractivity contribution in [1.82, 2.24) is 0 Å². The van der Waals surface area contributed by atoms with Gasteiger partial charge in [0.25, 0.3) is 0 Å². The number of aliphatic carboxylic acids is 1. The van der Waals surface area contributed by atoms with Crippen molar-refractivity contribution in [2.45, 2.75) is 19.1 Å². The molecule has 4 heteroatoms. The number of halogens is 1. The molecule has 0 aromatic rings. The van der Waals surface area contributed by atoms with Crippen molar-refractivity contribution in [2.75, 3.05) is 0 Å². The van der Waals surface area contributed by atoms with E-state index in [2.05, 4.69) is 5.73 Å². The average Bonchev–Trinajstić information content (AvgIpc) is 1.64. The van der Waals surface area contributed by atoms with Crippen LogP contribution in [0.15, 0.2) is 0 Å². The zero-order valence-electron chi connectivity index (χ0n) is 4.56. The Morgan fingerprint density at radius 1 is 1.88 bits per heavy atom. The molecule has 0 saturated carbocycles. The SMILES string of the molecule is C[C@H](F)[C@H]([NH3+])C(=O)[O-]. The molecule has 0 radical (unpaired) electrons. The third-order valence-electron chi connectivity index (χ3n) is 0.857. The van der Waals surface area contributed by atoms with Crippen LogP contribution in [0.1, 0.15) is 6.92 Å². The van der Waals surface area contributed by atoms with Crippen LogP contribution in [0.25, 0.3) is 0 Å². The Bertz CT molecular complexity index is 94.0. The zero-order valence-corrected chi connectivity index (χ0v) is 4.56. The van der Waals surface area contributed by atoms with Crippen molar-refractivity contribution in [3.63, 3.8) is 0 Å². The van der Waals surface area contributed by atoms with E-state index in [0.717, 1.165) is 6.92 Å². The Morgan fingerprint density at radius 3 is 2.25 bits per heavy atom. The van der Waals surface area contributed by atoms with Gasteiger partial charge in [-0.05, 0) is 6.92 Å². The second-order valence-electron chi connectivity index (χ2n) is 1.60. The van der Waals surface area contributed by atoms with E-state index in [-0.39, 0.29) is 0 Å². The Hall–Kier alpha value is -0.640. The molecule has 0 aromatic carbocycles. The van der Waals surface area contributed by atoms with Crippen molar-refractivity contribution in [3.05, 3.63) is 0 Å². The van der Waals surface area contributed by atoms with Crippen LogP contribution in [0, 0.1) is 0 Å². The molecule has 8 heavy (non-hydrogen) atoms. The summed E-state index contributed by atoms with van der Waals surface area (Å²) in [6, 6.07) is -1.24. The molecule has 0 heterocycles. The first-order valence-electron chi connectivity index (χ1n) is 2.23. The number of carboxylic acid groups (broad SMARTS) is 1. The quantitative estimate of drug-likeness (QED) is 0.446. The van der Waals surface area contributed by atoms with Crippen molar-refractivity contribution >= 4 is 5.97 Å². The fourth-order valence-electron chi connectivity index (χ4n) is 0.188. The van der Waals surface area contributed by atoms with Gasteiger partial charge in [0.05, 0.1) is 0 Å². The lowest BCUT2D eigenvalue weighted by Gasteiger charge is -2.08. The standard InChI is InChI=1S/C4H8FNO2/c1-2(5)3(6)4(7)8/h2-3H,6H2,1H3,(H,7,8)/t2-,3-/m0/s1. The number of hydrogen-bond acceptors (Lipinski definition) is 2. The third-order valence-corrected chi connectivity index (χ3v) is 0.857. The average molecular weight is 121 g/mol. The number of hydrogen-bond donors (Lipinski definition) is 1. The Morgan fingerprint density at radius 2 is 2.25 bits per heavy atom. The van der Waals surface area contributed by atoms with Crippen LogP contribution in [0.3, 0.4) is 0 Å². The highest BCUT2D eigenvalue weighted by Gasteiger charge is 2.14. The van der Waals surface area contributed by atoms with Crippen LogP contribution in [0.5, 0.6) is 0 Å². The fraction of sp³-hybridized carbons (Fsp3) is 0.750. The van der Waals surface area contributed by atoms with Gasteiger partial charge >= 0.3 is 0 Å². The maximum absolute atomic E-state index is 11.9. The van der Waals surface area contributed by atoms with Gasteiger partial charge in [0.15, 0.2) is 12.2 Å². The summed E-state index contributed by atoms with van der Waals surface area (Å²) in [7, 11) is 0. The number of quaternary nitrogens is 1. The molecule has 0 spiro atoms. The van der Waals surface area contributed by atoms with Crippen molar-refractivity contribution in [1.29, 1.82) is 0 Å². The van der Waals surface area contributed by atoms with Gasteiger partial charge in [0.1, 0.15) is 5.97 Å². The zero-order chi connectivity index (χ0) is 6.73. The van der Waals surface area contributed by atoms with E-state index >= 15 is 0 Å². The number of carbonyl (C=O) groups is 1. The summed E-state index contributed by atoms with van der Waals surface area (Å²) < 4.78 is 11.9. The van der Waals surface area contributed by atoms with Crippen LogP contribution in [-0.2, 0) is 4.79 Å². The van der Waals surface area contributed by atoms with Crippen molar-refractivity contribution in [3.8, 4) is 0 Å². The highest BCUT2D eigenvalue weighted by Crippen LogP contribution is 1.89. The van der Waals surface area contributed by atoms with Gasteiger partial charge in [-0.1, -0.05) is 0 Å². The summed E-state index contributed by atoms with van der Waals surface area (Å²) >= 11 is 0. The first kappa shape index (κ1) is 7.36. The first-order chi connectivity index (χ1) is 3.55. The summed E-state index contributed by atoms with van der Waals surface area (Å²) in [6.07, 6.45) is -1.43. The monoisotopic (exact) mass is 121 g/mol. The summed E-state index contributed by atoms with van der Waals surface area (Å²) in [5, 5.41) is 9.73. The largest absolute Gasteiger partial charge is 0.544 e. The first-order valence-corrected chi connectivity index (χ1v) is 2.23. The van der Waals surface area contributed by atoms with Gasteiger partial charge in [0.2, 0.25) is 0 Å². The Labute approximate surface area is 46.3 Å². The van der Waals surface area contributed by atoms with E-state index in [1.807, 2.05) is 0 Å². The molecular weight excluding hydrogens is 113 g/mol. The fourth-order valence-corrected chi connectivity index (χ4v) is 0.188. The Kier molecular flexibility index (Phi) is 2.41. The molecule has 3 N–H and O–H groups in total. The second-order valence-corrected chi connectivity index (χ2v) is 1.60. The minimum absolute atomic E-state index is 1.13. The summed E-state index contributed by atoms with van der Waals surface area (Å²) in [6.45, 7) is 1.13. The molecule has 0 amide bonds. The van der Waals surface area contributed by atoms with Gasteiger partial charge in [0, 0.05) is 0 Å². The van der Waals surface area contributed by atoms with E-state index in [1.54, 1.807) is 0 Å². The van der Waals surface area contributed by atoms with Crippen LogP contribution < -0.4 is 10.8 Å². The predicted molar refractivity (Wildman–Crippen MR) is 22.3 cm³/mol. The molecule has 48 valence electrons. The Balaban J connectivity index is 3.64. The summed E-state index contributed by atoms with van der Waals surface area (Å²) in [5.74, 6) is -1.44. The number of carbonyl (C=O) groups excluding carboxylic acids is 1. The molecule has 0 aliphatic heterocycles. The molecule has 0 aliphatic rings. The predicted octanol–water partition coefficient (Wildman–Crippen LogP) is -2.30. The van der Waals surface area contributed by atoms with Crippen LogP contribution in [-0.4, -0.2) is 18.2 Å². The van der Waals surface area contributed by atoms with E-state index < -0.39 is 18.2 Å². The molecular formula is C4H8FNO2. The molecule has 2 atom stereocenters. The lowest BCUT2D eigenvalue weighted by Crippen LogP contribution is -2.71. The van der Waals surface area contributed by atoms with Gasteiger partial charge < -0.3 is 15.6 Å². The smallest absolute Gasteiger partial charge is 0.156 e. The molecule has 0 aliphatic carbocycles. The molecule has 3 nitrogen and oxygen atoms in total. The highest BCUT2D eigenvalue weighted by molar-refractivity contribution is 5.69. The van der Waals surface area contributed by atoms with Crippen LogP contribution in [0.2, 0.25) is 0 Å². The number of carboxylic acids is 1. The second kappa shape index (κ2) is 2.61. The molecule has 0 rings (SSSR count). The van der Waals surface area contributed by atoms with Crippen molar-refractivity contribution in [2.24, 2.45) is 0 Å². The maximum Gasteiger partial charge on any atom is 0.156 e. The third kappa shape index (κ3) is 1.88. The van der Waals surface area contributed by atoms with Gasteiger partial charge in [-0.15, -0.1) is 0 Å². The van der Waals surface area contributed by atoms with E-state index in [4.69, 9.17) is 0 Å². The maximum atomic E-state index is 11.9. The minimum Gasteiger partial charge on any atom is -0.544 e. The topological polar surface area (TPSA) is 67.8 Å². The lowest BCUT2D eigenvalue weighted by atomic mass is 10.2. The van der Waals surface area contributed by atoms with Gasteiger partial charge in [-0.2, -0.15) is 0 Å². The van der Waals surface area contributed by atoms with E-state index in [0.29, 0.717) is 0 Å². The van der Waals surface area contributed by atoms with Gasteiger partial charge in [-0.3, -0.25) is 0 Å². The summed E-state index contributed by atoms with van der Waals surface area (Å²) in [4.78, 5) is 9.73. The molecule has 0 bridgehead atoms. The minimum atomic E-state index is -1.44. The normalized spacial score (nSPS) is 17.4. The lowest BCUT2D eigenvalue weighted by molar-refractivity contribution is -0.446. The van der Waals surface area contributed by atoms with Crippen molar-refractivity contribution < 1.29 is 20.0 Å². The van der Waals surface area contributed by atoms with E-state index in [1.165, 1.54) is 0 Å².